The van der Waals surface area contributed by atoms with E-state index in [1.54, 1.807) is 0 Å². The molecule has 1 aromatic carbocycles. The fourth-order valence-electron chi connectivity index (χ4n) is 2.93. The van der Waals surface area contributed by atoms with Gasteiger partial charge in [0.1, 0.15) is 5.75 Å². The van der Waals surface area contributed by atoms with Crippen molar-refractivity contribution in [2.75, 3.05) is 13.1 Å². The Morgan fingerprint density at radius 1 is 1.25 bits per heavy atom. The van der Waals surface area contributed by atoms with Crippen molar-refractivity contribution in [3.05, 3.63) is 41.5 Å². The largest absolute Gasteiger partial charge is 0.482 e. The first-order valence-electron chi connectivity index (χ1n) is 7.19. The predicted molar refractivity (Wildman–Crippen MR) is 72.7 cm³/mol. The van der Waals surface area contributed by atoms with E-state index >= 15 is 0 Å². The first-order valence-corrected chi connectivity index (χ1v) is 7.19. The van der Waals surface area contributed by atoms with Gasteiger partial charge in [-0.15, -0.1) is 0 Å². The second kappa shape index (κ2) is 4.90. The first kappa shape index (κ1) is 11.9. The van der Waals surface area contributed by atoms with Crippen LogP contribution in [0, 0.1) is 0 Å². The number of benzene rings is 1. The maximum atomic E-state index is 5.89. The average molecular weight is 271 g/mol. The second-order valence-corrected chi connectivity index (χ2v) is 5.45. The van der Waals surface area contributed by atoms with Crippen LogP contribution >= 0.6 is 0 Å². The molecule has 2 atom stereocenters. The Balaban J connectivity index is 1.52. The number of nitrogens with zero attached hydrogens (tertiary/aromatic N) is 2. The Morgan fingerprint density at radius 3 is 3.05 bits per heavy atom. The van der Waals surface area contributed by atoms with E-state index in [9.17, 15) is 0 Å². The molecule has 0 radical (unpaired) electrons. The lowest BCUT2D eigenvalue weighted by Crippen LogP contribution is -2.28. The highest BCUT2D eigenvalue weighted by Crippen LogP contribution is 2.35. The smallest absolute Gasteiger partial charge is 0.231 e. The number of aromatic nitrogens is 2. The van der Waals surface area contributed by atoms with Crippen LogP contribution in [0.4, 0.5) is 0 Å². The third kappa shape index (κ3) is 2.08. The summed E-state index contributed by atoms with van der Waals surface area (Å²) < 4.78 is 11.3. The molecule has 1 aromatic heterocycles. The topological polar surface area (TPSA) is 60.2 Å². The summed E-state index contributed by atoms with van der Waals surface area (Å²) in [7, 11) is 0. The molecule has 0 aliphatic carbocycles. The number of para-hydroxylation sites is 1. The fraction of sp³-hybridized carbons (Fsp3) is 0.467. The molecule has 1 fully saturated rings. The van der Waals surface area contributed by atoms with E-state index in [0.717, 1.165) is 44.0 Å². The van der Waals surface area contributed by atoms with E-state index < -0.39 is 0 Å². The Labute approximate surface area is 117 Å². The van der Waals surface area contributed by atoms with Gasteiger partial charge in [-0.3, -0.25) is 0 Å². The monoisotopic (exact) mass is 271 g/mol. The van der Waals surface area contributed by atoms with Crippen molar-refractivity contribution in [3.8, 4) is 5.75 Å². The number of hydrogen-bond acceptors (Lipinski definition) is 5. The molecule has 2 aliphatic heterocycles. The van der Waals surface area contributed by atoms with Gasteiger partial charge in [0.2, 0.25) is 11.7 Å². The minimum absolute atomic E-state index is 0.110. The molecule has 4 rings (SSSR count). The molecule has 0 bridgehead atoms. The molecule has 0 spiro atoms. The summed E-state index contributed by atoms with van der Waals surface area (Å²) in [5, 5.41) is 7.48. The summed E-state index contributed by atoms with van der Waals surface area (Å²) in [5.74, 6) is 2.69. The van der Waals surface area contributed by atoms with E-state index in [2.05, 4.69) is 21.5 Å². The van der Waals surface area contributed by atoms with Crippen LogP contribution in [0.25, 0.3) is 0 Å². The van der Waals surface area contributed by atoms with E-state index in [0.29, 0.717) is 11.7 Å². The van der Waals surface area contributed by atoms with Crippen molar-refractivity contribution in [1.29, 1.82) is 0 Å². The van der Waals surface area contributed by atoms with Crippen LogP contribution in [0.2, 0.25) is 0 Å². The molecule has 5 nitrogen and oxygen atoms in total. The van der Waals surface area contributed by atoms with Crippen molar-refractivity contribution in [1.82, 2.24) is 15.5 Å². The van der Waals surface area contributed by atoms with Crippen molar-refractivity contribution in [2.45, 2.75) is 31.3 Å². The summed E-state index contributed by atoms with van der Waals surface area (Å²) in [6.07, 6.45) is 2.98. The molecule has 3 heterocycles. The summed E-state index contributed by atoms with van der Waals surface area (Å²) in [5.41, 5.74) is 1.21. The molecule has 1 unspecified atom stereocenters. The molecule has 0 saturated carbocycles. The van der Waals surface area contributed by atoms with Crippen LogP contribution in [-0.4, -0.2) is 23.2 Å². The fourth-order valence-corrected chi connectivity index (χ4v) is 2.93. The van der Waals surface area contributed by atoms with Crippen molar-refractivity contribution in [2.24, 2.45) is 0 Å². The third-order valence-electron chi connectivity index (χ3n) is 4.04. The Morgan fingerprint density at radius 2 is 2.20 bits per heavy atom. The SMILES string of the molecule is c1ccc2c(c1)CC(c1noc([C@H]3CCCNC3)n1)O2. The van der Waals surface area contributed by atoms with Crippen molar-refractivity contribution >= 4 is 0 Å². The minimum Gasteiger partial charge on any atom is -0.482 e. The third-order valence-corrected chi connectivity index (χ3v) is 4.04. The van der Waals surface area contributed by atoms with Crippen LogP contribution in [0.15, 0.2) is 28.8 Å². The molecular weight excluding hydrogens is 254 g/mol. The summed E-state index contributed by atoms with van der Waals surface area (Å²) in [4.78, 5) is 4.56. The van der Waals surface area contributed by atoms with Gasteiger partial charge in [-0.25, -0.2) is 0 Å². The zero-order valence-electron chi connectivity index (χ0n) is 11.2. The van der Waals surface area contributed by atoms with Gasteiger partial charge in [0.05, 0.1) is 5.92 Å². The van der Waals surface area contributed by atoms with E-state index in [1.165, 1.54) is 5.56 Å². The van der Waals surface area contributed by atoms with Crippen LogP contribution in [-0.2, 0) is 6.42 Å². The molecule has 104 valence electrons. The normalized spacial score (nSPS) is 25.2. The summed E-state index contributed by atoms with van der Waals surface area (Å²) in [6.45, 7) is 2.01. The van der Waals surface area contributed by atoms with E-state index in [-0.39, 0.29) is 6.10 Å². The lowest BCUT2D eigenvalue weighted by molar-refractivity contribution is 0.220. The van der Waals surface area contributed by atoms with Crippen molar-refractivity contribution < 1.29 is 9.26 Å². The number of ether oxygens (including phenoxy) is 1. The first-order chi connectivity index (χ1) is 9.90. The number of fused-ring (bicyclic) bond motifs is 1. The zero-order chi connectivity index (χ0) is 13.4. The standard InChI is InChI=1S/C15H17N3O2/c1-2-6-12-10(4-1)8-13(19-12)14-17-15(20-18-14)11-5-3-7-16-9-11/h1-2,4,6,11,13,16H,3,5,7-9H2/t11-,13?/m0/s1. The van der Waals surface area contributed by atoms with Gasteiger partial charge >= 0.3 is 0 Å². The molecule has 2 aliphatic rings. The highest BCUT2D eigenvalue weighted by molar-refractivity contribution is 5.37. The molecule has 1 saturated heterocycles. The Kier molecular flexibility index (Phi) is 2.92. The molecule has 1 N–H and O–H groups in total. The average Bonchev–Trinajstić information content (AvgIpc) is 3.14. The van der Waals surface area contributed by atoms with Gasteiger partial charge in [0.25, 0.3) is 0 Å². The van der Waals surface area contributed by atoms with Gasteiger partial charge in [0.15, 0.2) is 6.10 Å². The summed E-state index contributed by atoms with van der Waals surface area (Å²) in [6, 6.07) is 8.08. The van der Waals surface area contributed by atoms with E-state index in [4.69, 9.17) is 9.26 Å². The summed E-state index contributed by atoms with van der Waals surface area (Å²) >= 11 is 0. The predicted octanol–water partition coefficient (Wildman–Crippen LogP) is 2.21. The molecule has 20 heavy (non-hydrogen) atoms. The van der Waals surface area contributed by atoms with Crippen LogP contribution in [0.3, 0.4) is 0 Å². The molecule has 5 heteroatoms. The van der Waals surface area contributed by atoms with Crippen LogP contribution in [0.5, 0.6) is 5.75 Å². The van der Waals surface area contributed by atoms with Gasteiger partial charge in [-0.1, -0.05) is 23.4 Å². The molecule has 2 aromatic rings. The minimum atomic E-state index is -0.110. The van der Waals surface area contributed by atoms with Gasteiger partial charge in [0, 0.05) is 13.0 Å². The van der Waals surface area contributed by atoms with Crippen LogP contribution < -0.4 is 10.1 Å². The van der Waals surface area contributed by atoms with Crippen LogP contribution in [0.1, 0.15) is 42.1 Å². The maximum absolute atomic E-state index is 5.89. The number of hydrogen-bond donors (Lipinski definition) is 1. The van der Waals surface area contributed by atoms with E-state index in [1.807, 2.05) is 18.2 Å². The number of nitrogens with one attached hydrogen (secondary N) is 1. The maximum Gasteiger partial charge on any atom is 0.231 e. The highest BCUT2D eigenvalue weighted by atomic mass is 16.5. The van der Waals surface area contributed by atoms with Crippen molar-refractivity contribution in [3.63, 3.8) is 0 Å². The molecule has 0 amide bonds. The lowest BCUT2D eigenvalue weighted by Gasteiger charge is -2.18. The number of rotatable bonds is 2. The quantitative estimate of drug-likeness (QED) is 0.907. The Hall–Kier alpha value is -1.88. The van der Waals surface area contributed by atoms with Gasteiger partial charge < -0.3 is 14.6 Å². The molecular formula is C15H17N3O2. The Bertz CT molecular complexity index is 580. The van der Waals surface area contributed by atoms with Gasteiger partial charge in [-0.2, -0.15) is 4.98 Å². The zero-order valence-corrected chi connectivity index (χ0v) is 11.2. The van der Waals surface area contributed by atoms with Gasteiger partial charge in [-0.05, 0) is 31.0 Å². The highest BCUT2D eigenvalue weighted by Gasteiger charge is 2.30. The lowest BCUT2D eigenvalue weighted by atomic mass is 10.00. The second-order valence-electron chi connectivity index (χ2n) is 5.45. The number of piperidine rings is 1.